The fraction of sp³-hybridized carbons (Fsp3) is 0.739. The average Bonchev–Trinajstić information content (AvgIpc) is 3.38. The monoisotopic (exact) mass is 410 g/mol. The Morgan fingerprint density at radius 3 is 2.14 bits per heavy atom. The molecule has 0 amide bonds. The third-order valence-electron chi connectivity index (χ3n) is 4.15. The highest BCUT2D eigenvalue weighted by molar-refractivity contribution is 5.77. The topological polar surface area (TPSA) is 85.0 Å². The summed E-state index contributed by atoms with van der Waals surface area (Å²) in [7, 11) is 0. The van der Waals surface area contributed by atoms with Gasteiger partial charge >= 0.3 is 0 Å². The Kier molecular flexibility index (Phi) is 20.0. The zero-order valence-corrected chi connectivity index (χ0v) is 20.1. The van der Waals surface area contributed by atoms with Gasteiger partial charge in [0.15, 0.2) is 0 Å². The van der Waals surface area contributed by atoms with E-state index in [4.69, 9.17) is 0 Å². The van der Waals surface area contributed by atoms with E-state index in [2.05, 4.69) is 33.7 Å². The van der Waals surface area contributed by atoms with Gasteiger partial charge in [-0.05, 0) is 6.42 Å². The van der Waals surface area contributed by atoms with Crippen molar-refractivity contribution in [2.75, 3.05) is 13.1 Å². The molecule has 3 N–H and O–H groups in total. The van der Waals surface area contributed by atoms with E-state index in [-0.39, 0.29) is 11.7 Å². The van der Waals surface area contributed by atoms with E-state index in [1.165, 1.54) is 32.0 Å². The Morgan fingerprint density at radius 2 is 1.66 bits per heavy atom. The Bertz CT molecular complexity index is 648. The van der Waals surface area contributed by atoms with Crippen molar-refractivity contribution in [3.05, 3.63) is 28.4 Å². The highest BCUT2D eigenvalue weighted by atomic mass is 16.3. The van der Waals surface area contributed by atoms with E-state index in [0.29, 0.717) is 18.6 Å². The van der Waals surface area contributed by atoms with Gasteiger partial charge in [-0.3, -0.25) is 9.69 Å². The summed E-state index contributed by atoms with van der Waals surface area (Å²) in [6.45, 7) is 18.8. The van der Waals surface area contributed by atoms with Crippen molar-refractivity contribution in [3.63, 3.8) is 0 Å². The van der Waals surface area contributed by atoms with E-state index in [1.54, 1.807) is 0 Å². The third-order valence-corrected chi connectivity index (χ3v) is 4.15. The van der Waals surface area contributed by atoms with Crippen LogP contribution < -0.4 is 5.56 Å². The van der Waals surface area contributed by atoms with Gasteiger partial charge in [-0.25, -0.2) is 4.98 Å². The number of nitrogens with zero attached hydrogens (tertiary/aromatic N) is 2. The Hall–Kier alpha value is -1.66. The molecule has 2 aromatic rings. The Labute approximate surface area is 178 Å². The molecular formula is C23H46N4O2. The molecule has 3 heterocycles. The first-order valence-electron chi connectivity index (χ1n) is 11.6. The lowest BCUT2D eigenvalue weighted by atomic mass is 10.2. The van der Waals surface area contributed by atoms with Crippen LogP contribution in [0.25, 0.3) is 11.0 Å². The SMILES string of the molecule is CC.CC.CC.CCCCCC.O=c1[nH]cnc2c(CN3CC[C@H](O)C3)c[nH]c12. The van der Waals surface area contributed by atoms with Gasteiger partial charge in [-0.1, -0.05) is 81.1 Å². The average molecular weight is 411 g/mol. The second kappa shape index (κ2) is 19.6. The van der Waals surface area contributed by atoms with E-state index in [9.17, 15) is 9.90 Å². The quantitative estimate of drug-likeness (QED) is 0.570. The molecule has 0 saturated carbocycles. The summed E-state index contributed by atoms with van der Waals surface area (Å²) >= 11 is 0. The number of aliphatic hydroxyl groups excluding tert-OH is 1. The molecule has 1 saturated heterocycles. The molecule has 0 unspecified atom stereocenters. The maximum absolute atomic E-state index is 11.5. The van der Waals surface area contributed by atoms with Crippen LogP contribution in [0.4, 0.5) is 0 Å². The fourth-order valence-electron chi connectivity index (χ4n) is 2.82. The van der Waals surface area contributed by atoms with E-state index in [1.807, 2.05) is 47.7 Å². The van der Waals surface area contributed by atoms with Crippen molar-refractivity contribution in [1.82, 2.24) is 19.9 Å². The highest BCUT2D eigenvalue weighted by Crippen LogP contribution is 2.17. The largest absolute Gasteiger partial charge is 0.392 e. The molecule has 2 aromatic heterocycles. The summed E-state index contributed by atoms with van der Waals surface area (Å²) in [5.41, 5.74) is 2.08. The van der Waals surface area contributed by atoms with E-state index in [0.717, 1.165) is 24.0 Å². The fourth-order valence-corrected chi connectivity index (χ4v) is 2.82. The van der Waals surface area contributed by atoms with Crippen molar-refractivity contribution in [3.8, 4) is 0 Å². The third kappa shape index (κ3) is 11.2. The number of H-pyrrole nitrogens is 2. The van der Waals surface area contributed by atoms with Crippen LogP contribution in [-0.2, 0) is 6.54 Å². The number of aromatic amines is 2. The first kappa shape index (κ1) is 29.5. The molecule has 29 heavy (non-hydrogen) atoms. The number of rotatable bonds is 5. The van der Waals surface area contributed by atoms with Crippen LogP contribution in [0.1, 0.15) is 93.1 Å². The molecule has 0 aliphatic carbocycles. The number of nitrogens with one attached hydrogen (secondary N) is 2. The van der Waals surface area contributed by atoms with Gasteiger partial charge in [0.1, 0.15) is 5.52 Å². The number of aromatic nitrogens is 3. The molecule has 0 aromatic carbocycles. The van der Waals surface area contributed by atoms with Gasteiger partial charge in [0.05, 0.1) is 17.9 Å². The van der Waals surface area contributed by atoms with E-state index < -0.39 is 0 Å². The highest BCUT2D eigenvalue weighted by Gasteiger charge is 2.21. The number of fused-ring (bicyclic) bond motifs is 1. The minimum Gasteiger partial charge on any atom is -0.392 e. The zero-order chi connectivity index (χ0) is 22.7. The van der Waals surface area contributed by atoms with Crippen LogP contribution in [0.5, 0.6) is 0 Å². The zero-order valence-electron chi connectivity index (χ0n) is 20.1. The van der Waals surface area contributed by atoms with Crippen LogP contribution in [0.2, 0.25) is 0 Å². The molecule has 0 bridgehead atoms. The van der Waals surface area contributed by atoms with Crippen molar-refractivity contribution in [1.29, 1.82) is 0 Å². The molecule has 3 rings (SSSR count). The standard InChI is InChI=1S/C11H14N4O2.C6H14.3C2H6/c16-8-1-2-15(5-8)4-7-3-12-10-9(7)13-6-14-11(10)17;1-3-5-6-4-2;3*1-2/h3,6,8,12,16H,1-2,4-5H2,(H,13,14,17);3-6H2,1-2H3;3*1-2H3/t8-;;;;/m0..../s1. The molecule has 1 aliphatic heterocycles. The minimum atomic E-state index is -0.225. The van der Waals surface area contributed by atoms with E-state index >= 15 is 0 Å². The lowest BCUT2D eigenvalue weighted by Gasteiger charge is -2.13. The normalized spacial score (nSPS) is 15.0. The van der Waals surface area contributed by atoms with Crippen molar-refractivity contribution in [2.24, 2.45) is 0 Å². The summed E-state index contributed by atoms with van der Waals surface area (Å²) in [6.07, 6.45) is 9.36. The maximum Gasteiger partial charge on any atom is 0.275 e. The minimum absolute atomic E-state index is 0.150. The second-order valence-corrected chi connectivity index (χ2v) is 6.15. The van der Waals surface area contributed by atoms with Gasteiger partial charge in [-0.15, -0.1) is 0 Å². The molecule has 1 atom stereocenters. The van der Waals surface area contributed by atoms with Crippen LogP contribution in [-0.4, -0.2) is 44.2 Å². The molecule has 0 spiro atoms. The van der Waals surface area contributed by atoms with Gasteiger partial charge in [0, 0.05) is 31.4 Å². The molecule has 1 aliphatic rings. The first-order valence-corrected chi connectivity index (χ1v) is 11.6. The summed E-state index contributed by atoms with van der Waals surface area (Å²) in [5, 5.41) is 9.47. The summed E-state index contributed by atoms with van der Waals surface area (Å²) in [4.78, 5) is 23.3. The smallest absolute Gasteiger partial charge is 0.275 e. The number of unbranched alkanes of at least 4 members (excludes halogenated alkanes) is 3. The number of hydrogen-bond acceptors (Lipinski definition) is 4. The van der Waals surface area contributed by atoms with Crippen LogP contribution >= 0.6 is 0 Å². The summed E-state index contributed by atoms with van der Waals surface area (Å²) < 4.78 is 0. The molecule has 6 nitrogen and oxygen atoms in total. The van der Waals surface area contributed by atoms with Crippen LogP contribution in [0.3, 0.4) is 0 Å². The van der Waals surface area contributed by atoms with Crippen molar-refractivity contribution < 1.29 is 5.11 Å². The molecule has 1 fully saturated rings. The van der Waals surface area contributed by atoms with Crippen molar-refractivity contribution in [2.45, 2.75) is 100 Å². The molecule has 6 heteroatoms. The number of β-amino-alcohol motifs (C(OH)–C–C–N with tert-alkyl or cyclic N) is 1. The predicted octanol–water partition coefficient (Wildman–Crippen LogP) is 5.48. The van der Waals surface area contributed by atoms with Gasteiger partial charge in [0.25, 0.3) is 5.56 Å². The van der Waals surface area contributed by atoms with Crippen molar-refractivity contribution >= 4 is 11.0 Å². The first-order chi connectivity index (χ1) is 14.2. The van der Waals surface area contributed by atoms with Crippen LogP contribution in [0, 0.1) is 0 Å². The Morgan fingerprint density at radius 1 is 1.07 bits per heavy atom. The second-order valence-electron chi connectivity index (χ2n) is 6.15. The number of aliphatic hydroxyl groups is 1. The maximum atomic E-state index is 11.5. The predicted molar refractivity (Wildman–Crippen MR) is 126 cm³/mol. The van der Waals surface area contributed by atoms with Gasteiger partial charge in [-0.2, -0.15) is 0 Å². The summed E-state index contributed by atoms with van der Waals surface area (Å²) in [6, 6.07) is 0. The van der Waals surface area contributed by atoms with Crippen LogP contribution in [0.15, 0.2) is 17.3 Å². The summed E-state index contributed by atoms with van der Waals surface area (Å²) in [5.74, 6) is 0. The Balaban J connectivity index is 0. The number of likely N-dealkylation sites (tertiary alicyclic amines) is 1. The molecule has 0 radical (unpaired) electrons. The number of hydrogen-bond donors (Lipinski definition) is 3. The lowest BCUT2D eigenvalue weighted by Crippen LogP contribution is -2.21. The lowest BCUT2D eigenvalue weighted by molar-refractivity contribution is 0.175. The molecular weight excluding hydrogens is 364 g/mol. The molecule has 170 valence electrons. The van der Waals surface area contributed by atoms with Gasteiger partial charge in [0.2, 0.25) is 0 Å². The van der Waals surface area contributed by atoms with Gasteiger partial charge < -0.3 is 15.1 Å².